The summed E-state index contributed by atoms with van der Waals surface area (Å²) in [4.78, 5) is 39.6. The Morgan fingerprint density at radius 2 is 1.50 bits per heavy atom. The molecule has 0 spiro atoms. The number of nitrogens with zero attached hydrogens (tertiary/aromatic N) is 1. The van der Waals surface area contributed by atoms with Crippen molar-refractivity contribution in [3.8, 4) is 0 Å². The van der Waals surface area contributed by atoms with E-state index >= 15 is 0 Å². The molecule has 0 heterocycles. The standard InChI is InChI=1S/C25H30N2O9S.ClH/c1-37(32,33)21-13-11-19(12-14-21)22(18-35-23(28)17-26)24(20-9-5-4-6-10-20)25(29)34-15-7-2-3-8-16-36-27(30)31;/h4-6,9-14H,2-3,7-8,15-18,26H2,1H3;1H. The Morgan fingerprint density at radius 1 is 0.895 bits per heavy atom. The van der Waals surface area contributed by atoms with Crippen molar-refractivity contribution in [3.63, 3.8) is 0 Å². The molecule has 0 fully saturated rings. The van der Waals surface area contributed by atoms with E-state index in [2.05, 4.69) is 4.84 Å². The van der Waals surface area contributed by atoms with Crippen LogP contribution in [0.1, 0.15) is 36.8 Å². The summed E-state index contributed by atoms with van der Waals surface area (Å²) in [7, 11) is -3.44. The number of esters is 2. The van der Waals surface area contributed by atoms with Gasteiger partial charge in [-0.1, -0.05) is 48.9 Å². The van der Waals surface area contributed by atoms with Crippen molar-refractivity contribution >= 4 is 45.3 Å². The molecule has 2 aromatic rings. The van der Waals surface area contributed by atoms with E-state index in [-0.39, 0.29) is 49.2 Å². The molecule has 0 aliphatic carbocycles. The van der Waals surface area contributed by atoms with Crippen LogP contribution in [0.15, 0.2) is 59.5 Å². The average molecular weight is 571 g/mol. The molecule has 2 N–H and O–H groups in total. The molecule has 0 radical (unpaired) electrons. The smallest absolute Gasteiger partial charge is 0.339 e. The molecule has 208 valence electrons. The van der Waals surface area contributed by atoms with Gasteiger partial charge in [-0.15, -0.1) is 22.5 Å². The molecule has 0 amide bonds. The quantitative estimate of drug-likeness (QED) is 0.0838. The summed E-state index contributed by atoms with van der Waals surface area (Å²) in [6.45, 7) is -0.521. The van der Waals surface area contributed by atoms with Crippen molar-refractivity contribution in [1.29, 1.82) is 0 Å². The summed E-state index contributed by atoms with van der Waals surface area (Å²) >= 11 is 0. The van der Waals surface area contributed by atoms with Gasteiger partial charge in [0.05, 0.1) is 30.2 Å². The van der Waals surface area contributed by atoms with E-state index in [1.807, 2.05) is 0 Å². The first-order chi connectivity index (χ1) is 17.6. The Morgan fingerprint density at radius 3 is 2.05 bits per heavy atom. The molecule has 0 atom stereocenters. The maximum atomic E-state index is 13.3. The van der Waals surface area contributed by atoms with Crippen molar-refractivity contribution in [2.75, 3.05) is 32.6 Å². The topological polar surface area (TPSA) is 165 Å². The monoisotopic (exact) mass is 570 g/mol. The van der Waals surface area contributed by atoms with Crippen LogP contribution in [0, 0.1) is 10.1 Å². The first kappa shape index (κ1) is 32.5. The molecule has 0 aliphatic heterocycles. The summed E-state index contributed by atoms with van der Waals surface area (Å²) in [5.41, 5.74) is 6.85. The first-order valence-electron chi connectivity index (χ1n) is 11.5. The number of carbonyl (C=O) groups excluding carboxylic acids is 2. The van der Waals surface area contributed by atoms with Crippen LogP contribution in [0.2, 0.25) is 0 Å². The molecular weight excluding hydrogens is 540 g/mol. The Hall–Kier alpha value is -3.48. The molecule has 0 aromatic heterocycles. The van der Waals surface area contributed by atoms with Gasteiger partial charge in [-0.25, -0.2) is 13.2 Å². The van der Waals surface area contributed by atoms with Gasteiger partial charge in [-0.2, -0.15) is 0 Å². The number of unbranched alkanes of at least 4 members (excludes halogenated alkanes) is 3. The normalized spacial score (nSPS) is 11.5. The molecule has 0 unspecified atom stereocenters. The van der Waals surface area contributed by atoms with Gasteiger partial charge in [0.2, 0.25) is 0 Å². The van der Waals surface area contributed by atoms with Crippen molar-refractivity contribution in [3.05, 3.63) is 75.8 Å². The number of hydrogen-bond donors (Lipinski definition) is 1. The number of ether oxygens (including phenoxy) is 2. The van der Waals surface area contributed by atoms with Crippen LogP contribution in [0.5, 0.6) is 0 Å². The van der Waals surface area contributed by atoms with Crippen LogP contribution >= 0.6 is 12.4 Å². The molecule has 38 heavy (non-hydrogen) atoms. The molecule has 11 nitrogen and oxygen atoms in total. The van der Waals surface area contributed by atoms with Crippen LogP contribution in [-0.4, -0.2) is 58.1 Å². The van der Waals surface area contributed by atoms with E-state index in [4.69, 9.17) is 15.2 Å². The third kappa shape index (κ3) is 10.9. The fraction of sp³-hybridized carbons (Fsp3) is 0.360. The van der Waals surface area contributed by atoms with Gasteiger partial charge in [0.15, 0.2) is 9.84 Å². The van der Waals surface area contributed by atoms with E-state index in [9.17, 15) is 28.1 Å². The predicted octanol–water partition coefficient (Wildman–Crippen LogP) is 3.24. The molecule has 0 saturated heterocycles. The van der Waals surface area contributed by atoms with Gasteiger partial charge < -0.3 is 20.0 Å². The van der Waals surface area contributed by atoms with Crippen molar-refractivity contribution in [2.24, 2.45) is 5.73 Å². The fourth-order valence-corrected chi connectivity index (χ4v) is 4.00. The summed E-state index contributed by atoms with van der Waals surface area (Å²) in [5.74, 6) is -1.32. The second-order valence-electron chi connectivity index (χ2n) is 7.99. The highest BCUT2D eigenvalue weighted by atomic mass is 35.5. The molecule has 2 aromatic carbocycles. The fourth-order valence-electron chi connectivity index (χ4n) is 3.37. The van der Waals surface area contributed by atoms with E-state index in [1.54, 1.807) is 30.3 Å². The SMILES string of the molecule is CS(=O)(=O)c1ccc(C(COC(=O)CN)=C(C(=O)OCCCCCCO[N+](=O)[O-])c2ccccc2)cc1.Cl. The average Bonchev–Trinajstić information content (AvgIpc) is 2.87. The Kier molecular flexibility index (Phi) is 14.0. The number of benzene rings is 2. The highest BCUT2D eigenvalue weighted by Gasteiger charge is 2.22. The Labute approximate surface area is 227 Å². The number of sulfone groups is 1. The highest BCUT2D eigenvalue weighted by Crippen LogP contribution is 2.29. The third-order valence-corrected chi connectivity index (χ3v) is 6.34. The zero-order valence-electron chi connectivity index (χ0n) is 20.9. The van der Waals surface area contributed by atoms with E-state index in [1.165, 1.54) is 24.3 Å². The van der Waals surface area contributed by atoms with Crippen molar-refractivity contribution in [1.82, 2.24) is 0 Å². The largest absolute Gasteiger partial charge is 0.462 e. The summed E-state index contributed by atoms with van der Waals surface area (Å²) in [6, 6.07) is 14.6. The minimum atomic E-state index is -3.44. The summed E-state index contributed by atoms with van der Waals surface area (Å²) in [6.07, 6.45) is 3.47. The lowest BCUT2D eigenvalue weighted by atomic mass is 9.95. The zero-order chi connectivity index (χ0) is 27.3. The van der Waals surface area contributed by atoms with Crippen LogP contribution in [0.4, 0.5) is 0 Å². The summed E-state index contributed by atoms with van der Waals surface area (Å²) in [5, 5.41) is 9.33. The Bertz CT molecular complexity index is 1200. The lowest BCUT2D eigenvalue weighted by Gasteiger charge is -2.16. The van der Waals surface area contributed by atoms with E-state index < -0.39 is 26.9 Å². The zero-order valence-corrected chi connectivity index (χ0v) is 22.5. The molecule has 13 heteroatoms. The van der Waals surface area contributed by atoms with Gasteiger partial charge in [-0.05, 0) is 42.5 Å². The van der Waals surface area contributed by atoms with Crippen LogP contribution in [-0.2, 0) is 33.7 Å². The molecule has 2 rings (SSSR count). The number of nitrogens with two attached hydrogens (primary N) is 1. The maximum Gasteiger partial charge on any atom is 0.339 e. The minimum absolute atomic E-state index is 0. The second-order valence-corrected chi connectivity index (χ2v) is 10.0. The van der Waals surface area contributed by atoms with Crippen molar-refractivity contribution in [2.45, 2.75) is 30.6 Å². The lowest BCUT2D eigenvalue weighted by Crippen LogP contribution is -2.19. The van der Waals surface area contributed by atoms with Crippen LogP contribution < -0.4 is 5.73 Å². The summed E-state index contributed by atoms with van der Waals surface area (Å²) < 4.78 is 34.5. The Balaban J connectivity index is 0.00000722. The van der Waals surface area contributed by atoms with Gasteiger partial charge in [0.25, 0.3) is 5.09 Å². The number of halogens is 1. The minimum Gasteiger partial charge on any atom is -0.462 e. The van der Waals surface area contributed by atoms with Crippen molar-refractivity contribution < 1.29 is 37.4 Å². The number of hydrogen-bond acceptors (Lipinski definition) is 10. The first-order valence-corrected chi connectivity index (χ1v) is 13.4. The lowest BCUT2D eigenvalue weighted by molar-refractivity contribution is -0.757. The van der Waals surface area contributed by atoms with Crippen LogP contribution in [0.25, 0.3) is 11.1 Å². The highest BCUT2D eigenvalue weighted by molar-refractivity contribution is 7.90. The van der Waals surface area contributed by atoms with Gasteiger partial charge in [0, 0.05) is 11.8 Å². The molecule has 0 aliphatic rings. The van der Waals surface area contributed by atoms with Gasteiger partial charge in [-0.3, -0.25) is 4.79 Å². The van der Waals surface area contributed by atoms with Gasteiger partial charge in [0.1, 0.15) is 6.61 Å². The molecule has 0 saturated carbocycles. The molecule has 0 bridgehead atoms. The number of rotatable bonds is 15. The number of carbonyl (C=O) groups is 2. The van der Waals surface area contributed by atoms with Gasteiger partial charge >= 0.3 is 11.9 Å². The van der Waals surface area contributed by atoms with E-state index in [0.717, 1.165) is 6.26 Å². The third-order valence-electron chi connectivity index (χ3n) is 5.21. The van der Waals surface area contributed by atoms with Crippen LogP contribution in [0.3, 0.4) is 0 Å². The maximum absolute atomic E-state index is 13.3. The second kappa shape index (κ2) is 16.4. The predicted molar refractivity (Wildman–Crippen MR) is 142 cm³/mol. The molecular formula is C25H31ClN2O9S. The van der Waals surface area contributed by atoms with E-state index in [0.29, 0.717) is 42.4 Å².